The molecule has 4 heteroatoms. The van der Waals surface area contributed by atoms with Crippen molar-refractivity contribution < 1.29 is 14.7 Å². The predicted octanol–water partition coefficient (Wildman–Crippen LogP) is 3.19. The second-order valence-corrected chi connectivity index (χ2v) is 6.00. The second-order valence-electron chi connectivity index (χ2n) is 6.00. The molecule has 2 atom stereocenters. The Morgan fingerprint density at radius 1 is 1.33 bits per heavy atom. The molecule has 2 rings (SSSR count). The molecule has 1 aliphatic rings. The Labute approximate surface area is 125 Å². The fourth-order valence-electron chi connectivity index (χ4n) is 3.01. The lowest BCUT2D eigenvalue weighted by atomic mass is 9.92. The van der Waals surface area contributed by atoms with Gasteiger partial charge in [0.15, 0.2) is 0 Å². The monoisotopic (exact) mass is 289 g/mol. The first-order valence-electron chi connectivity index (χ1n) is 7.57. The number of carboxylic acids is 1. The van der Waals surface area contributed by atoms with Crippen LogP contribution >= 0.6 is 0 Å². The van der Waals surface area contributed by atoms with Crippen LogP contribution in [0.15, 0.2) is 24.3 Å². The van der Waals surface area contributed by atoms with Gasteiger partial charge < -0.3 is 10.0 Å². The molecular formula is C17H23NO3. The molecule has 1 aromatic rings. The Morgan fingerprint density at radius 3 is 2.43 bits per heavy atom. The summed E-state index contributed by atoms with van der Waals surface area (Å²) in [5, 5.41) is 9.41. The molecule has 4 nitrogen and oxygen atoms in total. The van der Waals surface area contributed by atoms with E-state index in [-0.39, 0.29) is 18.4 Å². The summed E-state index contributed by atoms with van der Waals surface area (Å²) in [7, 11) is 0. The lowest BCUT2D eigenvalue weighted by Gasteiger charge is -2.27. The molecule has 1 aromatic carbocycles. The maximum Gasteiger partial charge on any atom is 0.309 e. The lowest BCUT2D eigenvalue weighted by molar-refractivity contribution is -0.142. The van der Waals surface area contributed by atoms with E-state index in [4.69, 9.17) is 0 Å². The van der Waals surface area contributed by atoms with Crippen LogP contribution < -0.4 is 0 Å². The Bertz CT molecular complexity index is 521. The normalized spacial score (nSPS) is 22.1. The number of amides is 1. The fourth-order valence-corrected chi connectivity index (χ4v) is 3.01. The minimum atomic E-state index is -0.889. The molecule has 0 aromatic heterocycles. The summed E-state index contributed by atoms with van der Waals surface area (Å²) in [4.78, 5) is 25.3. The highest BCUT2D eigenvalue weighted by Crippen LogP contribution is 2.38. The third-order valence-electron chi connectivity index (χ3n) is 4.16. The van der Waals surface area contributed by atoms with Gasteiger partial charge in [0.2, 0.25) is 5.91 Å². The molecule has 21 heavy (non-hydrogen) atoms. The highest BCUT2D eigenvalue weighted by molar-refractivity contribution is 5.87. The van der Waals surface area contributed by atoms with Crippen LogP contribution in [0, 0.1) is 5.92 Å². The van der Waals surface area contributed by atoms with Gasteiger partial charge in [-0.2, -0.15) is 0 Å². The quantitative estimate of drug-likeness (QED) is 0.905. The second kappa shape index (κ2) is 6.29. The molecule has 0 radical (unpaired) electrons. The minimum Gasteiger partial charge on any atom is -0.481 e. The Hall–Kier alpha value is -1.84. The van der Waals surface area contributed by atoms with Gasteiger partial charge in [-0.3, -0.25) is 9.59 Å². The van der Waals surface area contributed by atoms with Gasteiger partial charge in [-0.15, -0.1) is 0 Å². The third-order valence-corrected chi connectivity index (χ3v) is 4.16. The molecule has 1 fully saturated rings. The van der Waals surface area contributed by atoms with E-state index in [2.05, 4.69) is 13.8 Å². The molecule has 1 heterocycles. The van der Waals surface area contributed by atoms with E-state index in [1.54, 1.807) is 4.90 Å². The zero-order chi connectivity index (χ0) is 15.6. The molecule has 0 spiro atoms. The number of aliphatic carboxylic acids is 1. The molecule has 1 amide bonds. The van der Waals surface area contributed by atoms with Gasteiger partial charge in [-0.25, -0.2) is 0 Å². The van der Waals surface area contributed by atoms with Crippen molar-refractivity contribution in [1.82, 2.24) is 4.90 Å². The average molecular weight is 289 g/mol. The van der Waals surface area contributed by atoms with E-state index < -0.39 is 11.9 Å². The smallest absolute Gasteiger partial charge is 0.309 e. The largest absolute Gasteiger partial charge is 0.481 e. The van der Waals surface area contributed by atoms with Gasteiger partial charge >= 0.3 is 5.97 Å². The summed E-state index contributed by atoms with van der Waals surface area (Å²) in [5.74, 6) is -1.15. The highest BCUT2D eigenvalue weighted by atomic mass is 16.4. The first kappa shape index (κ1) is 15.5. The number of carbonyl (C=O) groups excluding carboxylic acids is 1. The summed E-state index contributed by atoms with van der Waals surface area (Å²) in [6, 6.07) is 7.67. The number of carbonyl (C=O) groups is 2. The lowest BCUT2D eigenvalue weighted by Crippen LogP contribution is -2.31. The van der Waals surface area contributed by atoms with Crippen molar-refractivity contribution in [3.05, 3.63) is 35.4 Å². The third kappa shape index (κ3) is 3.09. The zero-order valence-corrected chi connectivity index (χ0v) is 12.9. The molecule has 0 aliphatic carbocycles. The number of hydrogen-bond acceptors (Lipinski definition) is 2. The average Bonchev–Trinajstić information content (AvgIpc) is 2.77. The standard InChI is InChI=1S/C17H23NO3/c1-4-9-18-15(19)10-14(17(20)21)16(18)13-7-5-12(6-8-13)11(2)3/h5-8,11,14,16H,4,9-10H2,1-3H3,(H,20,21). The first-order valence-corrected chi connectivity index (χ1v) is 7.57. The Morgan fingerprint density at radius 2 is 1.95 bits per heavy atom. The number of rotatable bonds is 5. The van der Waals surface area contributed by atoms with Gasteiger partial charge in [-0.1, -0.05) is 45.0 Å². The van der Waals surface area contributed by atoms with E-state index in [0.717, 1.165) is 12.0 Å². The van der Waals surface area contributed by atoms with Gasteiger partial charge in [0.1, 0.15) is 0 Å². The van der Waals surface area contributed by atoms with Crippen molar-refractivity contribution in [1.29, 1.82) is 0 Å². The SMILES string of the molecule is CCCN1C(=O)CC(C(=O)O)C1c1ccc(C(C)C)cc1. The van der Waals surface area contributed by atoms with E-state index in [9.17, 15) is 14.7 Å². The molecular weight excluding hydrogens is 266 g/mol. The fraction of sp³-hybridized carbons (Fsp3) is 0.529. The molecule has 1 saturated heterocycles. The summed E-state index contributed by atoms with van der Waals surface area (Å²) in [5.41, 5.74) is 2.14. The summed E-state index contributed by atoms with van der Waals surface area (Å²) in [6.45, 7) is 6.86. The van der Waals surface area contributed by atoms with Gasteiger partial charge in [0.25, 0.3) is 0 Å². The molecule has 1 N–H and O–H groups in total. The van der Waals surface area contributed by atoms with Crippen LogP contribution in [-0.4, -0.2) is 28.4 Å². The van der Waals surface area contributed by atoms with Crippen LogP contribution in [0.5, 0.6) is 0 Å². The molecule has 0 bridgehead atoms. The van der Waals surface area contributed by atoms with Crippen molar-refractivity contribution in [3.8, 4) is 0 Å². The topological polar surface area (TPSA) is 57.6 Å². The van der Waals surface area contributed by atoms with Crippen LogP contribution in [-0.2, 0) is 9.59 Å². The van der Waals surface area contributed by atoms with E-state index in [1.165, 1.54) is 5.56 Å². The maximum absolute atomic E-state index is 12.1. The number of carboxylic acid groups (broad SMARTS) is 1. The van der Waals surface area contributed by atoms with Gasteiger partial charge in [0.05, 0.1) is 12.0 Å². The van der Waals surface area contributed by atoms with Crippen molar-refractivity contribution in [3.63, 3.8) is 0 Å². The predicted molar refractivity (Wildman–Crippen MR) is 81.0 cm³/mol. The van der Waals surface area contributed by atoms with E-state index >= 15 is 0 Å². The summed E-state index contributed by atoms with van der Waals surface area (Å²) < 4.78 is 0. The number of benzene rings is 1. The molecule has 0 saturated carbocycles. The zero-order valence-electron chi connectivity index (χ0n) is 12.9. The van der Waals surface area contributed by atoms with Crippen LogP contribution in [0.25, 0.3) is 0 Å². The summed E-state index contributed by atoms with van der Waals surface area (Å²) >= 11 is 0. The van der Waals surface area contributed by atoms with Crippen molar-refractivity contribution >= 4 is 11.9 Å². The number of hydrogen-bond donors (Lipinski definition) is 1. The van der Waals surface area contributed by atoms with E-state index in [1.807, 2.05) is 31.2 Å². The van der Waals surface area contributed by atoms with Gasteiger partial charge in [-0.05, 0) is 23.5 Å². The summed E-state index contributed by atoms with van der Waals surface area (Å²) in [6.07, 6.45) is 0.935. The molecule has 2 unspecified atom stereocenters. The van der Waals surface area contributed by atoms with Crippen LogP contribution in [0.1, 0.15) is 56.7 Å². The minimum absolute atomic E-state index is 0.0535. The molecule has 1 aliphatic heterocycles. The number of likely N-dealkylation sites (tertiary alicyclic amines) is 1. The van der Waals surface area contributed by atoms with Crippen molar-refractivity contribution in [2.45, 2.75) is 45.6 Å². The Balaban J connectivity index is 2.35. The highest BCUT2D eigenvalue weighted by Gasteiger charge is 2.44. The molecule has 114 valence electrons. The van der Waals surface area contributed by atoms with Gasteiger partial charge in [0, 0.05) is 13.0 Å². The van der Waals surface area contributed by atoms with Crippen LogP contribution in [0.3, 0.4) is 0 Å². The first-order chi connectivity index (χ1) is 9.95. The van der Waals surface area contributed by atoms with Crippen LogP contribution in [0.4, 0.5) is 0 Å². The van der Waals surface area contributed by atoms with Crippen molar-refractivity contribution in [2.24, 2.45) is 5.92 Å². The Kier molecular flexibility index (Phi) is 4.66. The maximum atomic E-state index is 12.1. The van der Waals surface area contributed by atoms with Crippen LogP contribution in [0.2, 0.25) is 0 Å². The van der Waals surface area contributed by atoms with Crippen molar-refractivity contribution in [2.75, 3.05) is 6.54 Å². The van der Waals surface area contributed by atoms with E-state index in [0.29, 0.717) is 12.5 Å². The number of nitrogens with zero attached hydrogens (tertiary/aromatic N) is 1.